The highest BCUT2D eigenvalue weighted by atomic mass is 14.5. The Kier molecular flexibility index (Phi) is 30.1. The van der Waals surface area contributed by atoms with Crippen molar-refractivity contribution < 1.29 is 0 Å². The molecule has 0 atom stereocenters. The lowest BCUT2D eigenvalue weighted by molar-refractivity contribution is 0.572. The highest BCUT2D eigenvalue weighted by molar-refractivity contribution is 4.48. The number of rotatable bonds is 18. The molecule has 0 unspecified atom stereocenters. The summed E-state index contributed by atoms with van der Waals surface area (Å²) in [6.07, 6.45) is 21.0. The van der Waals surface area contributed by atoms with E-state index in [0.717, 1.165) is 26.2 Å². The van der Waals surface area contributed by atoms with Crippen molar-refractivity contribution in [3.63, 3.8) is 0 Å². The first kappa shape index (κ1) is 26.1. The van der Waals surface area contributed by atoms with Crippen molar-refractivity contribution in [1.82, 2.24) is 0 Å². The summed E-state index contributed by atoms with van der Waals surface area (Å²) < 4.78 is 0. The van der Waals surface area contributed by atoms with Crippen LogP contribution < -0.4 is 22.9 Å². The van der Waals surface area contributed by atoms with Crippen LogP contribution in [0.4, 0.5) is 0 Å². The molecule has 0 heterocycles. The zero-order chi connectivity index (χ0) is 18.1. The Hall–Kier alpha value is -0.160. The lowest BCUT2D eigenvalue weighted by Crippen LogP contribution is -1.98. The van der Waals surface area contributed by atoms with E-state index in [-0.39, 0.29) is 0 Å². The molecule has 24 heavy (non-hydrogen) atoms. The molecule has 0 saturated carbocycles. The molecule has 0 aliphatic heterocycles. The maximum absolute atomic E-state index is 5.40. The zero-order valence-electron chi connectivity index (χ0n) is 16.5. The fourth-order valence-corrected chi connectivity index (χ4v) is 2.70. The second kappa shape index (κ2) is 27.7. The van der Waals surface area contributed by atoms with Crippen LogP contribution in [0.1, 0.15) is 103 Å². The van der Waals surface area contributed by atoms with E-state index in [9.17, 15) is 0 Å². The van der Waals surface area contributed by atoms with Crippen LogP contribution >= 0.6 is 0 Å². The van der Waals surface area contributed by atoms with E-state index in [0.29, 0.717) is 0 Å². The first-order valence-corrected chi connectivity index (χ1v) is 10.6. The third kappa shape index (κ3) is 29.8. The van der Waals surface area contributed by atoms with Crippen LogP contribution in [-0.2, 0) is 0 Å². The Labute approximate surface area is 152 Å². The molecule has 0 aromatic heterocycles. The van der Waals surface area contributed by atoms with Gasteiger partial charge in [0.05, 0.1) is 0 Å². The standard InChI is InChI=1S/2C10H24N2/c2*11-9-7-5-3-1-2-4-6-8-10-12/h2*1-12H2. The van der Waals surface area contributed by atoms with Crippen molar-refractivity contribution in [2.24, 2.45) is 22.9 Å². The number of nitrogens with two attached hydrogens (primary N) is 4. The van der Waals surface area contributed by atoms with Gasteiger partial charge in [-0.1, -0.05) is 77.0 Å². The van der Waals surface area contributed by atoms with E-state index in [2.05, 4.69) is 0 Å². The second-order valence-corrected chi connectivity index (χ2v) is 6.81. The van der Waals surface area contributed by atoms with Gasteiger partial charge >= 0.3 is 0 Å². The van der Waals surface area contributed by atoms with Gasteiger partial charge in [0.1, 0.15) is 0 Å². The van der Waals surface area contributed by atoms with Gasteiger partial charge in [-0.15, -0.1) is 0 Å². The predicted octanol–water partition coefficient (Wildman–Crippen LogP) is 4.05. The van der Waals surface area contributed by atoms with Crippen LogP contribution in [0.15, 0.2) is 0 Å². The quantitative estimate of drug-likeness (QED) is 0.281. The Morgan fingerprint density at radius 3 is 0.458 bits per heavy atom. The molecule has 0 radical (unpaired) electrons. The third-order valence-corrected chi connectivity index (χ3v) is 4.32. The van der Waals surface area contributed by atoms with Gasteiger partial charge in [0.15, 0.2) is 0 Å². The Balaban J connectivity index is 0. The number of hydrogen-bond acceptors (Lipinski definition) is 4. The minimum absolute atomic E-state index is 0.854. The Bertz CT molecular complexity index is 148. The van der Waals surface area contributed by atoms with E-state index < -0.39 is 0 Å². The molecule has 4 nitrogen and oxygen atoms in total. The molecule has 0 rings (SSSR count). The fourth-order valence-electron chi connectivity index (χ4n) is 2.70. The van der Waals surface area contributed by atoms with E-state index >= 15 is 0 Å². The maximum atomic E-state index is 5.40. The van der Waals surface area contributed by atoms with E-state index in [1.54, 1.807) is 0 Å². The van der Waals surface area contributed by atoms with Gasteiger partial charge in [-0.25, -0.2) is 0 Å². The van der Waals surface area contributed by atoms with Gasteiger partial charge in [0.25, 0.3) is 0 Å². The molecule has 0 aromatic rings. The highest BCUT2D eigenvalue weighted by Gasteiger charge is 1.91. The fraction of sp³-hybridized carbons (Fsp3) is 1.00. The molecule has 148 valence electrons. The summed E-state index contributed by atoms with van der Waals surface area (Å²) in [5, 5.41) is 0. The van der Waals surface area contributed by atoms with Crippen LogP contribution in [0.25, 0.3) is 0 Å². The van der Waals surface area contributed by atoms with Crippen LogP contribution in [0.3, 0.4) is 0 Å². The average Bonchev–Trinajstić information content (AvgIpc) is 2.60. The topological polar surface area (TPSA) is 104 Å². The number of unbranched alkanes of at least 4 members (excludes halogenated alkanes) is 14. The molecule has 0 aromatic carbocycles. The summed E-state index contributed by atoms with van der Waals surface area (Å²) >= 11 is 0. The SMILES string of the molecule is NCCCCCCCCCCN.NCCCCCCCCCCN. The Morgan fingerprint density at radius 2 is 0.333 bits per heavy atom. The molecule has 0 fully saturated rings. The van der Waals surface area contributed by atoms with Gasteiger partial charge < -0.3 is 22.9 Å². The van der Waals surface area contributed by atoms with Crippen LogP contribution in [0.2, 0.25) is 0 Å². The average molecular weight is 345 g/mol. The van der Waals surface area contributed by atoms with Crippen molar-refractivity contribution in [3.05, 3.63) is 0 Å². The molecule has 0 spiro atoms. The van der Waals surface area contributed by atoms with E-state index in [1.165, 1.54) is 103 Å². The van der Waals surface area contributed by atoms with Gasteiger partial charge in [0, 0.05) is 0 Å². The molecule has 0 bridgehead atoms. The van der Waals surface area contributed by atoms with Gasteiger partial charge in [-0.2, -0.15) is 0 Å². The molecule has 0 saturated heterocycles. The first-order valence-electron chi connectivity index (χ1n) is 10.6. The molecule has 0 amide bonds. The molecular weight excluding hydrogens is 296 g/mol. The molecule has 8 N–H and O–H groups in total. The van der Waals surface area contributed by atoms with Crippen molar-refractivity contribution in [2.45, 2.75) is 103 Å². The Morgan fingerprint density at radius 1 is 0.208 bits per heavy atom. The smallest absolute Gasteiger partial charge is 0.00773 e. The monoisotopic (exact) mass is 344 g/mol. The summed E-state index contributed by atoms with van der Waals surface area (Å²) in [5.74, 6) is 0. The van der Waals surface area contributed by atoms with Crippen LogP contribution in [-0.4, -0.2) is 26.2 Å². The van der Waals surface area contributed by atoms with Gasteiger partial charge in [-0.05, 0) is 51.9 Å². The summed E-state index contributed by atoms with van der Waals surface area (Å²) in [7, 11) is 0. The molecule has 4 heteroatoms. The van der Waals surface area contributed by atoms with E-state index in [4.69, 9.17) is 22.9 Å². The first-order chi connectivity index (χ1) is 11.8. The van der Waals surface area contributed by atoms with Crippen molar-refractivity contribution in [3.8, 4) is 0 Å². The lowest BCUT2D eigenvalue weighted by Gasteiger charge is -2.00. The second-order valence-electron chi connectivity index (χ2n) is 6.81. The molecular formula is C20H48N4. The van der Waals surface area contributed by atoms with Crippen molar-refractivity contribution >= 4 is 0 Å². The summed E-state index contributed by atoms with van der Waals surface area (Å²) in [6.45, 7) is 3.42. The highest BCUT2D eigenvalue weighted by Crippen LogP contribution is 2.08. The minimum Gasteiger partial charge on any atom is -0.330 e. The van der Waals surface area contributed by atoms with Crippen molar-refractivity contribution in [2.75, 3.05) is 26.2 Å². The third-order valence-electron chi connectivity index (χ3n) is 4.32. The molecule has 0 aliphatic rings. The zero-order valence-corrected chi connectivity index (χ0v) is 16.5. The summed E-state index contributed by atoms with van der Waals surface area (Å²) in [6, 6.07) is 0. The molecule has 0 aliphatic carbocycles. The largest absolute Gasteiger partial charge is 0.330 e. The van der Waals surface area contributed by atoms with E-state index in [1.807, 2.05) is 0 Å². The van der Waals surface area contributed by atoms with Gasteiger partial charge in [0.2, 0.25) is 0 Å². The van der Waals surface area contributed by atoms with Gasteiger partial charge in [-0.3, -0.25) is 0 Å². The van der Waals surface area contributed by atoms with Crippen LogP contribution in [0.5, 0.6) is 0 Å². The van der Waals surface area contributed by atoms with Crippen molar-refractivity contribution in [1.29, 1.82) is 0 Å². The predicted molar refractivity (Wildman–Crippen MR) is 110 cm³/mol. The maximum Gasteiger partial charge on any atom is -0.00773 e. The minimum atomic E-state index is 0.854. The normalized spacial score (nSPS) is 10.5. The van der Waals surface area contributed by atoms with Crippen LogP contribution in [0, 0.1) is 0 Å². The lowest BCUT2D eigenvalue weighted by atomic mass is 10.1. The summed E-state index contributed by atoms with van der Waals surface area (Å²) in [4.78, 5) is 0. The summed E-state index contributed by atoms with van der Waals surface area (Å²) in [5.41, 5.74) is 21.6. The number of hydrogen-bond donors (Lipinski definition) is 4.